The van der Waals surface area contributed by atoms with Crippen LogP contribution in [0.4, 0.5) is 5.69 Å². The number of rotatable bonds is 5. The molecule has 0 saturated carbocycles. The smallest absolute Gasteiger partial charge is 0.269 e. The van der Waals surface area contributed by atoms with Gasteiger partial charge in [0.25, 0.3) is 5.69 Å². The fourth-order valence-corrected chi connectivity index (χ4v) is 2.44. The average Bonchev–Trinajstić information content (AvgIpc) is 2.59. The van der Waals surface area contributed by atoms with Crippen LogP contribution >= 0.6 is 0 Å². The number of nitrogens with zero attached hydrogens (tertiary/aromatic N) is 1. The second-order valence-electron chi connectivity index (χ2n) is 5.21. The first-order valence-electron chi connectivity index (χ1n) is 7.24. The van der Waals surface area contributed by atoms with Crippen LogP contribution in [0.2, 0.25) is 0 Å². The topological polar surface area (TPSA) is 81.8 Å². The molecule has 0 aromatic heterocycles. The average molecular weight is 325 g/mol. The number of benzene rings is 3. The van der Waals surface area contributed by atoms with E-state index in [1.807, 2.05) is 6.07 Å². The number of aromatic hydroxyl groups is 1. The van der Waals surface area contributed by atoms with Crippen molar-refractivity contribution in [2.45, 2.75) is 6.61 Å². The second-order valence-corrected chi connectivity index (χ2v) is 5.21. The molecule has 0 aliphatic heterocycles. The minimum atomic E-state index is -0.443. The molecule has 0 atom stereocenters. The molecule has 1 N–H and O–H groups in total. The van der Waals surface area contributed by atoms with E-state index in [0.717, 1.165) is 16.3 Å². The summed E-state index contributed by atoms with van der Waals surface area (Å²) < 4.78 is 11.2. The number of nitro benzene ring substituents is 1. The van der Waals surface area contributed by atoms with E-state index in [1.54, 1.807) is 43.5 Å². The summed E-state index contributed by atoms with van der Waals surface area (Å²) in [5, 5.41) is 22.1. The summed E-state index contributed by atoms with van der Waals surface area (Å²) in [7, 11) is 1.54. The lowest BCUT2D eigenvalue weighted by atomic mass is 10.1. The van der Waals surface area contributed by atoms with Crippen LogP contribution in [0.15, 0.2) is 54.6 Å². The third-order valence-corrected chi connectivity index (χ3v) is 3.67. The third-order valence-electron chi connectivity index (χ3n) is 3.67. The first kappa shape index (κ1) is 15.6. The quantitative estimate of drug-likeness (QED) is 0.565. The molecule has 0 spiro atoms. The maximum Gasteiger partial charge on any atom is 0.269 e. The number of fused-ring (bicyclic) bond motifs is 1. The second kappa shape index (κ2) is 6.45. The minimum absolute atomic E-state index is 0.0337. The van der Waals surface area contributed by atoms with E-state index in [2.05, 4.69) is 0 Å². The van der Waals surface area contributed by atoms with E-state index in [1.165, 1.54) is 12.1 Å². The van der Waals surface area contributed by atoms with Crippen molar-refractivity contribution in [3.05, 3.63) is 70.3 Å². The van der Waals surface area contributed by atoms with Crippen LogP contribution in [0.3, 0.4) is 0 Å². The summed E-state index contributed by atoms with van der Waals surface area (Å²) in [6.45, 7) is 0.225. The molecule has 0 bridgehead atoms. The van der Waals surface area contributed by atoms with Crippen molar-refractivity contribution in [3.8, 4) is 17.2 Å². The maximum absolute atomic E-state index is 10.7. The molecule has 3 rings (SSSR count). The van der Waals surface area contributed by atoms with Crippen molar-refractivity contribution >= 4 is 16.5 Å². The molecular formula is C18H15NO5. The molecule has 0 aliphatic rings. The van der Waals surface area contributed by atoms with Crippen LogP contribution in [0.25, 0.3) is 10.8 Å². The van der Waals surface area contributed by atoms with Crippen LogP contribution in [-0.2, 0) is 6.61 Å². The largest absolute Gasteiger partial charge is 0.508 e. The Kier molecular flexibility index (Phi) is 4.20. The summed E-state index contributed by atoms with van der Waals surface area (Å²) in [4.78, 5) is 10.2. The number of methoxy groups -OCH3 is 1. The van der Waals surface area contributed by atoms with Crippen LogP contribution in [-0.4, -0.2) is 17.1 Å². The van der Waals surface area contributed by atoms with Gasteiger partial charge in [0.2, 0.25) is 0 Å². The molecule has 0 unspecified atom stereocenters. The number of hydrogen-bond donors (Lipinski definition) is 1. The molecule has 0 amide bonds. The Bertz CT molecular complexity index is 890. The van der Waals surface area contributed by atoms with Gasteiger partial charge in [-0.05, 0) is 41.3 Å². The number of ether oxygens (including phenoxy) is 2. The molecule has 6 heteroatoms. The monoisotopic (exact) mass is 325 g/mol. The van der Waals surface area contributed by atoms with Gasteiger partial charge in [-0.15, -0.1) is 0 Å². The highest BCUT2D eigenvalue weighted by Crippen LogP contribution is 2.37. The van der Waals surface area contributed by atoms with Crippen LogP contribution in [0.5, 0.6) is 17.2 Å². The van der Waals surface area contributed by atoms with E-state index < -0.39 is 4.92 Å². The lowest BCUT2D eigenvalue weighted by Crippen LogP contribution is -1.99. The van der Waals surface area contributed by atoms with E-state index in [-0.39, 0.29) is 18.0 Å². The van der Waals surface area contributed by atoms with Gasteiger partial charge in [-0.1, -0.05) is 12.1 Å². The van der Waals surface area contributed by atoms with Crippen molar-refractivity contribution < 1.29 is 19.5 Å². The highest BCUT2D eigenvalue weighted by Gasteiger charge is 2.11. The van der Waals surface area contributed by atoms with Crippen molar-refractivity contribution in [2.75, 3.05) is 7.11 Å². The fraction of sp³-hybridized carbons (Fsp3) is 0.111. The van der Waals surface area contributed by atoms with Gasteiger partial charge in [-0.25, -0.2) is 0 Å². The van der Waals surface area contributed by atoms with Gasteiger partial charge < -0.3 is 14.6 Å². The maximum atomic E-state index is 10.7. The van der Waals surface area contributed by atoms with Gasteiger partial charge in [0.1, 0.15) is 12.4 Å². The summed E-state index contributed by atoms with van der Waals surface area (Å²) in [5.74, 6) is 1.20. The molecule has 0 saturated heterocycles. The van der Waals surface area contributed by atoms with Crippen LogP contribution in [0, 0.1) is 10.1 Å². The first-order valence-corrected chi connectivity index (χ1v) is 7.24. The van der Waals surface area contributed by atoms with Crippen molar-refractivity contribution in [1.82, 2.24) is 0 Å². The molecular weight excluding hydrogens is 310 g/mol. The zero-order valence-corrected chi connectivity index (χ0v) is 12.9. The first-order chi connectivity index (χ1) is 11.6. The Balaban J connectivity index is 1.91. The lowest BCUT2D eigenvalue weighted by molar-refractivity contribution is -0.384. The SMILES string of the molecule is COc1ccc2ccc(O)cc2c1OCc1ccc([N+](=O)[O-])cc1. The lowest BCUT2D eigenvalue weighted by Gasteiger charge is -2.14. The highest BCUT2D eigenvalue weighted by molar-refractivity contribution is 5.91. The molecule has 3 aromatic rings. The van der Waals surface area contributed by atoms with Gasteiger partial charge in [0.05, 0.1) is 12.0 Å². The molecule has 0 heterocycles. The molecule has 0 fully saturated rings. The van der Waals surface area contributed by atoms with Gasteiger partial charge in [0.15, 0.2) is 11.5 Å². The fourth-order valence-electron chi connectivity index (χ4n) is 2.44. The Morgan fingerprint density at radius 1 is 1.08 bits per heavy atom. The number of phenolic OH excluding ortho intramolecular Hbond substituents is 1. The van der Waals surface area contributed by atoms with Gasteiger partial charge in [-0.3, -0.25) is 10.1 Å². The van der Waals surface area contributed by atoms with Gasteiger partial charge in [0, 0.05) is 17.5 Å². The Hall–Kier alpha value is -3.28. The summed E-state index contributed by atoms with van der Waals surface area (Å²) in [6, 6.07) is 14.9. The number of hydrogen-bond acceptors (Lipinski definition) is 5. The van der Waals surface area contributed by atoms with Crippen LogP contribution in [0.1, 0.15) is 5.56 Å². The highest BCUT2D eigenvalue weighted by atomic mass is 16.6. The Morgan fingerprint density at radius 3 is 2.46 bits per heavy atom. The van der Waals surface area contributed by atoms with Crippen molar-refractivity contribution in [2.24, 2.45) is 0 Å². The van der Waals surface area contributed by atoms with E-state index >= 15 is 0 Å². The summed E-state index contributed by atoms with van der Waals surface area (Å²) >= 11 is 0. The third kappa shape index (κ3) is 3.08. The zero-order chi connectivity index (χ0) is 17.1. The van der Waals surface area contributed by atoms with E-state index in [4.69, 9.17) is 9.47 Å². The van der Waals surface area contributed by atoms with Gasteiger partial charge >= 0.3 is 0 Å². The molecule has 6 nitrogen and oxygen atoms in total. The molecule has 24 heavy (non-hydrogen) atoms. The van der Waals surface area contributed by atoms with Crippen LogP contribution < -0.4 is 9.47 Å². The molecule has 0 aliphatic carbocycles. The Labute approximate surface area is 138 Å². The Morgan fingerprint density at radius 2 is 1.79 bits per heavy atom. The van der Waals surface area contributed by atoms with Crippen molar-refractivity contribution in [1.29, 1.82) is 0 Å². The summed E-state index contributed by atoms with van der Waals surface area (Å²) in [5.41, 5.74) is 0.825. The van der Waals surface area contributed by atoms with Gasteiger partial charge in [-0.2, -0.15) is 0 Å². The van der Waals surface area contributed by atoms with Crippen molar-refractivity contribution in [3.63, 3.8) is 0 Å². The minimum Gasteiger partial charge on any atom is -0.508 e. The number of nitro groups is 1. The molecule has 3 aromatic carbocycles. The molecule has 0 radical (unpaired) electrons. The molecule has 122 valence electrons. The zero-order valence-electron chi connectivity index (χ0n) is 12.9. The number of non-ortho nitro benzene ring substituents is 1. The van der Waals surface area contributed by atoms with E-state index in [0.29, 0.717) is 11.5 Å². The standard InChI is InChI=1S/C18H15NO5/c1-23-17-9-5-13-4-8-15(20)10-16(13)18(17)24-11-12-2-6-14(7-3-12)19(21)22/h2-10,20H,11H2,1H3. The predicted molar refractivity (Wildman–Crippen MR) is 89.6 cm³/mol. The summed E-state index contributed by atoms with van der Waals surface area (Å²) in [6.07, 6.45) is 0. The van der Waals surface area contributed by atoms with E-state index in [9.17, 15) is 15.2 Å². The predicted octanol–water partition coefficient (Wildman–Crippen LogP) is 4.04. The normalized spacial score (nSPS) is 10.5. The number of phenols is 1.